The minimum absolute atomic E-state index is 0.0399. The van der Waals surface area contributed by atoms with Gasteiger partial charge in [0.05, 0.1) is 18.5 Å². The van der Waals surface area contributed by atoms with E-state index < -0.39 is 11.8 Å². The molecular formula is C32H21ClN2O4S. The number of rotatable bonds is 5. The van der Waals surface area contributed by atoms with Crippen LogP contribution in [0.3, 0.4) is 0 Å². The largest absolute Gasteiger partial charge is 0.497 e. The number of hydrogen-bond donors (Lipinski definition) is 0. The molecule has 8 heteroatoms. The number of carbonyl (C=O) groups is 2. The van der Waals surface area contributed by atoms with Crippen molar-refractivity contribution < 1.29 is 18.7 Å². The smallest absolute Gasteiger partial charge is 0.270 e. The highest BCUT2D eigenvalue weighted by Gasteiger charge is 2.42. The van der Waals surface area contributed by atoms with Crippen molar-refractivity contribution in [3.05, 3.63) is 119 Å². The maximum Gasteiger partial charge on any atom is 0.270 e. The van der Waals surface area contributed by atoms with Crippen molar-refractivity contribution in [1.82, 2.24) is 0 Å². The first-order chi connectivity index (χ1) is 19.4. The maximum atomic E-state index is 14.1. The Morgan fingerprint density at radius 2 is 1.55 bits per heavy atom. The summed E-state index contributed by atoms with van der Waals surface area (Å²) < 4.78 is 11.4. The van der Waals surface area contributed by atoms with E-state index in [-0.39, 0.29) is 10.7 Å². The van der Waals surface area contributed by atoms with Gasteiger partial charge in [-0.3, -0.25) is 19.4 Å². The fraction of sp³-hybridized carbons (Fsp3) is 0.0312. The molecule has 0 radical (unpaired) electrons. The van der Waals surface area contributed by atoms with Crippen LogP contribution in [0.15, 0.2) is 113 Å². The Bertz CT molecular complexity index is 1820. The topological polar surface area (TPSA) is 63.0 Å². The Kier molecular flexibility index (Phi) is 6.67. The van der Waals surface area contributed by atoms with E-state index in [1.54, 1.807) is 55.6 Å². The Balaban J connectivity index is 1.49. The normalized spacial score (nSPS) is 14.8. The molecule has 0 bridgehead atoms. The summed E-state index contributed by atoms with van der Waals surface area (Å²) in [6.45, 7) is 0. The van der Waals surface area contributed by atoms with E-state index in [2.05, 4.69) is 0 Å². The number of halogens is 1. The zero-order chi connectivity index (χ0) is 27.8. The van der Waals surface area contributed by atoms with Gasteiger partial charge in [0.15, 0.2) is 5.11 Å². The Hall–Kier alpha value is -4.72. The number of anilines is 2. The van der Waals surface area contributed by atoms with E-state index in [1.165, 1.54) is 15.9 Å². The molecule has 1 saturated heterocycles. The van der Waals surface area contributed by atoms with Gasteiger partial charge in [0, 0.05) is 22.0 Å². The number of thiocarbonyl (C=S) groups is 1. The molecule has 4 aromatic carbocycles. The third-order valence-corrected chi connectivity index (χ3v) is 7.23. The molecule has 0 saturated carbocycles. The van der Waals surface area contributed by atoms with Crippen LogP contribution >= 0.6 is 23.8 Å². The van der Waals surface area contributed by atoms with Crippen LogP contribution in [-0.2, 0) is 9.59 Å². The van der Waals surface area contributed by atoms with Gasteiger partial charge in [-0.15, -0.1) is 0 Å². The first kappa shape index (κ1) is 25.6. The Morgan fingerprint density at radius 3 is 2.35 bits per heavy atom. The van der Waals surface area contributed by atoms with Gasteiger partial charge in [-0.05, 0) is 78.3 Å². The number of ether oxygens (including phenoxy) is 1. The lowest BCUT2D eigenvalue weighted by molar-refractivity contribution is -0.120. The second kappa shape index (κ2) is 10.4. The number of carbonyl (C=O) groups excluding carboxylic acids is 2. The van der Waals surface area contributed by atoms with E-state index in [9.17, 15) is 9.59 Å². The SMILES string of the molecule is COc1cccc(N2C(=O)/C(=C/c3ccc(-c4ccc(Cl)cc4)o3)C(=O)N(c3cccc4ccccc34)C2=S)c1. The third-order valence-electron chi connectivity index (χ3n) is 6.61. The summed E-state index contributed by atoms with van der Waals surface area (Å²) in [5, 5.41) is 2.41. The molecule has 0 aliphatic carbocycles. The molecule has 2 amide bonds. The predicted molar refractivity (Wildman–Crippen MR) is 162 cm³/mol. The molecule has 0 N–H and O–H groups in total. The van der Waals surface area contributed by atoms with Crippen molar-refractivity contribution in [2.45, 2.75) is 0 Å². The van der Waals surface area contributed by atoms with Crippen molar-refractivity contribution in [3.8, 4) is 17.1 Å². The summed E-state index contributed by atoms with van der Waals surface area (Å²) >= 11 is 11.8. The highest BCUT2D eigenvalue weighted by atomic mass is 35.5. The second-order valence-corrected chi connectivity index (χ2v) is 9.83. The van der Waals surface area contributed by atoms with Gasteiger partial charge in [0.25, 0.3) is 11.8 Å². The molecule has 1 aromatic heterocycles. The predicted octanol–water partition coefficient (Wildman–Crippen LogP) is 7.51. The molecule has 1 aliphatic heterocycles. The molecule has 196 valence electrons. The van der Waals surface area contributed by atoms with Crippen molar-refractivity contribution in [2.24, 2.45) is 0 Å². The number of amides is 2. The minimum Gasteiger partial charge on any atom is -0.497 e. The van der Waals surface area contributed by atoms with Crippen molar-refractivity contribution in [2.75, 3.05) is 16.9 Å². The number of furan rings is 1. The summed E-state index contributed by atoms with van der Waals surface area (Å²) in [7, 11) is 1.54. The van der Waals surface area contributed by atoms with E-state index in [0.717, 1.165) is 16.3 Å². The van der Waals surface area contributed by atoms with Crippen LogP contribution in [0.1, 0.15) is 5.76 Å². The Labute approximate surface area is 240 Å². The van der Waals surface area contributed by atoms with Crippen molar-refractivity contribution in [3.63, 3.8) is 0 Å². The molecule has 0 spiro atoms. The first-order valence-electron chi connectivity index (χ1n) is 12.4. The zero-order valence-electron chi connectivity index (χ0n) is 21.2. The number of methoxy groups -OCH3 is 1. The summed E-state index contributed by atoms with van der Waals surface area (Å²) in [6, 6.07) is 31.0. The van der Waals surface area contributed by atoms with Crippen LogP contribution in [0, 0.1) is 0 Å². The molecule has 0 unspecified atom stereocenters. The molecule has 2 heterocycles. The fourth-order valence-electron chi connectivity index (χ4n) is 4.66. The van der Waals surface area contributed by atoms with E-state index >= 15 is 0 Å². The number of nitrogens with zero attached hydrogens (tertiary/aromatic N) is 2. The molecule has 0 atom stereocenters. The van der Waals surface area contributed by atoms with Gasteiger partial charge in [-0.1, -0.05) is 54.1 Å². The van der Waals surface area contributed by atoms with Gasteiger partial charge in [-0.2, -0.15) is 0 Å². The Morgan fingerprint density at radius 1 is 0.825 bits per heavy atom. The third kappa shape index (κ3) is 4.55. The average molecular weight is 565 g/mol. The lowest BCUT2D eigenvalue weighted by Gasteiger charge is -2.37. The maximum absolute atomic E-state index is 14.1. The lowest BCUT2D eigenvalue weighted by Crippen LogP contribution is -2.57. The van der Waals surface area contributed by atoms with E-state index in [4.69, 9.17) is 33.0 Å². The summed E-state index contributed by atoms with van der Waals surface area (Å²) in [6.07, 6.45) is 1.46. The van der Waals surface area contributed by atoms with Crippen molar-refractivity contribution in [1.29, 1.82) is 0 Å². The van der Waals surface area contributed by atoms with Crippen LogP contribution < -0.4 is 14.5 Å². The molecule has 6 rings (SSSR count). The van der Waals surface area contributed by atoms with Crippen LogP contribution in [0.25, 0.3) is 28.2 Å². The van der Waals surface area contributed by atoms with Crippen LogP contribution in [-0.4, -0.2) is 24.0 Å². The summed E-state index contributed by atoms with van der Waals surface area (Å²) in [4.78, 5) is 30.7. The zero-order valence-corrected chi connectivity index (χ0v) is 22.8. The van der Waals surface area contributed by atoms with Crippen LogP contribution in [0.5, 0.6) is 5.75 Å². The lowest BCUT2D eigenvalue weighted by atomic mass is 10.0. The molecule has 5 aromatic rings. The second-order valence-electron chi connectivity index (χ2n) is 9.03. The molecular weight excluding hydrogens is 544 g/mol. The van der Waals surface area contributed by atoms with Gasteiger partial charge >= 0.3 is 0 Å². The van der Waals surface area contributed by atoms with E-state index in [0.29, 0.717) is 33.7 Å². The van der Waals surface area contributed by atoms with Gasteiger partial charge in [0.2, 0.25) is 0 Å². The number of fused-ring (bicyclic) bond motifs is 1. The highest BCUT2D eigenvalue weighted by Crippen LogP contribution is 2.35. The van der Waals surface area contributed by atoms with Gasteiger partial charge < -0.3 is 9.15 Å². The number of benzene rings is 4. The quantitative estimate of drug-likeness (QED) is 0.126. The van der Waals surface area contributed by atoms with Gasteiger partial charge in [0.1, 0.15) is 22.8 Å². The van der Waals surface area contributed by atoms with E-state index in [1.807, 2.05) is 54.6 Å². The van der Waals surface area contributed by atoms with Gasteiger partial charge in [-0.25, -0.2) is 0 Å². The molecule has 1 fully saturated rings. The highest BCUT2D eigenvalue weighted by molar-refractivity contribution is 7.81. The number of hydrogen-bond acceptors (Lipinski definition) is 5. The molecule has 6 nitrogen and oxygen atoms in total. The minimum atomic E-state index is -0.566. The van der Waals surface area contributed by atoms with Crippen LogP contribution in [0.4, 0.5) is 11.4 Å². The monoisotopic (exact) mass is 564 g/mol. The molecule has 40 heavy (non-hydrogen) atoms. The fourth-order valence-corrected chi connectivity index (χ4v) is 5.16. The standard InChI is InChI=1S/C32H21ClN2O4S/c1-38-24-9-5-8-23(18-24)34-30(36)27(19-25-16-17-29(39-25)21-12-14-22(33)15-13-21)31(37)35(32(34)40)28-11-4-7-20-6-2-3-10-26(20)28/h2-19H,1H3/b27-19-. The molecule has 1 aliphatic rings. The summed E-state index contributed by atoms with van der Waals surface area (Å²) in [5.41, 5.74) is 1.76. The first-order valence-corrected chi connectivity index (χ1v) is 13.2. The average Bonchev–Trinajstić information content (AvgIpc) is 3.45. The summed E-state index contributed by atoms with van der Waals surface area (Å²) in [5.74, 6) is 0.355. The van der Waals surface area contributed by atoms with Crippen LogP contribution in [0.2, 0.25) is 5.02 Å². The van der Waals surface area contributed by atoms with Crippen molar-refractivity contribution >= 4 is 69.0 Å².